The second kappa shape index (κ2) is 7.14. The molecule has 0 fully saturated rings. The van der Waals surface area contributed by atoms with Gasteiger partial charge in [0.1, 0.15) is 0 Å². The average Bonchev–Trinajstić information content (AvgIpc) is 2.52. The molecule has 0 amide bonds. The molecule has 2 aromatic rings. The van der Waals surface area contributed by atoms with Crippen molar-refractivity contribution in [3.63, 3.8) is 0 Å². The first-order chi connectivity index (χ1) is 10.1. The van der Waals surface area contributed by atoms with Gasteiger partial charge in [-0.1, -0.05) is 35.9 Å². The van der Waals surface area contributed by atoms with Crippen LogP contribution in [-0.2, 0) is 6.42 Å². The molecule has 3 heteroatoms. The van der Waals surface area contributed by atoms with E-state index in [1.54, 1.807) is 14.2 Å². The number of aliphatic hydroxyl groups is 1. The van der Waals surface area contributed by atoms with E-state index >= 15 is 0 Å². The summed E-state index contributed by atoms with van der Waals surface area (Å²) in [6.07, 6.45) is 1.01. The summed E-state index contributed by atoms with van der Waals surface area (Å²) in [4.78, 5) is 0. The predicted molar refractivity (Wildman–Crippen MR) is 84.0 cm³/mol. The lowest BCUT2D eigenvalue weighted by Gasteiger charge is -2.14. The molecule has 0 radical (unpaired) electrons. The minimum Gasteiger partial charge on any atom is -0.493 e. The van der Waals surface area contributed by atoms with Crippen molar-refractivity contribution in [2.45, 2.75) is 25.9 Å². The zero-order valence-electron chi connectivity index (χ0n) is 12.8. The molecule has 1 N–H and O–H groups in total. The second-order valence-electron chi connectivity index (χ2n) is 5.16. The number of aliphatic hydroxyl groups excluding tert-OH is 1. The fourth-order valence-corrected chi connectivity index (χ4v) is 2.40. The van der Waals surface area contributed by atoms with Crippen molar-refractivity contribution in [3.8, 4) is 11.5 Å². The molecule has 0 aliphatic rings. The van der Waals surface area contributed by atoms with E-state index in [4.69, 9.17) is 9.47 Å². The Hall–Kier alpha value is -2.00. The van der Waals surface area contributed by atoms with Crippen LogP contribution in [0.1, 0.15) is 29.2 Å². The van der Waals surface area contributed by atoms with Gasteiger partial charge in [0.05, 0.1) is 20.3 Å². The van der Waals surface area contributed by atoms with E-state index in [1.807, 2.05) is 24.3 Å². The number of benzene rings is 2. The molecular formula is C18H22O3. The number of aryl methyl sites for hydroxylation is 2. The molecule has 0 saturated carbocycles. The highest BCUT2D eigenvalue weighted by Gasteiger charge is 2.12. The SMILES string of the molecule is COc1ccc(C(O)CCc2cccc(C)c2)cc1OC. The normalized spacial score (nSPS) is 12.0. The summed E-state index contributed by atoms with van der Waals surface area (Å²) < 4.78 is 10.5. The molecule has 0 spiro atoms. The zero-order valence-corrected chi connectivity index (χ0v) is 12.8. The molecule has 0 heterocycles. The third-order valence-corrected chi connectivity index (χ3v) is 3.58. The van der Waals surface area contributed by atoms with Crippen LogP contribution in [0.15, 0.2) is 42.5 Å². The fraction of sp³-hybridized carbons (Fsp3) is 0.333. The maximum atomic E-state index is 10.3. The summed E-state index contributed by atoms with van der Waals surface area (Å²) in [5.41, 5.74) is 3.34. The van der Waals surface area contributed by atoms with E-state index in [2.05, 4.69) is 25.1 Å². The van der Waals surface area contributed by atoms with Crippen LogP contribution >= 0.6 is 0 Å². The fourth-order valence-electron chi connectivity index (χ4n) is 2.40. The van der Waals surface area contributed by atoms with Gasteiger partial charge in [0, 0.05) is 0 Å². The molecule has 112 valence electrons. The Morgan fingerprint density at radius 3 is 2.43 bits per heavy atom. The molecule has 0 bridgehead atoms. The molecule has 3 nitrogen and oxygen atoms in total. The Bertz CT molecular complexity index is 593. The Morgan fingerprint density at radius 1 is 1.00 bits per heavy atom. The molecule has 0 aliphatic heterocycles. The van der Waals surface area contributed by atoms with E-state index in [1.165, 1.54) is 11.1 Å². The van der Waals surface area contributed by atoms with Crippen molar-refractivity contribution in [1.29, 1.82) is 0 Å². The van der Waals surface area contributed by atoms with Crippen molar-refractivity contribution in [2.75, 3.05) is 14.2 Å². The van der Waals surface area contributed by atoms with Gasteiger partial charge in [-0.15, -0.1) is 0 Å². The minimum atomic E-state index is -0.509. The van der Waals surface area contributed by atoms with Crippen molar-refractivity contribution >= 4 is 0 Å². The molecule has 0 aromatic heterocycles. The standard InChI is InChI=1S/C18H22O3/c1-13-5-4-6-14(11-13)7-9-16(19)15-8-10-17(20-2)18(12-15)21-3/h4-6,8,10-12,16,19H,7,9H2,1-3H3. The molecule has 2 aromatic carbocycles. The highest BCUT2D eigenvalue weighted by atomic mass is 16.5. The predicted octanol–water partition coefficient (Wildman–Crippen LogP) is 3.68. The summed E-state index contributed by atoms with van der Waals surface area (Å²) >= 11 is 0. The van der Waals surface area contributed by atoms with E-state index in [9.17, 15) is 5.11 Å². The molecule has 0 aliphatic carbocycles. The smallest absolute Gasteiger partial charge is 0.161 e. The topological polar surface area (TPSA) is 38.7 Å². The molecule has 1 unspecified atom stereocenters. The first-order valence-electron chi connectivity index (χ1n) is 7.09. The monoisotopic (exact) mass is 286 g/mol. The molecule has 2 rings (SSSR count). The Labute approximate surface area is 126 Å². The maximum absolute atomic E-state index is 10.3. The summed E-state index contributed by atoms with van der Waals surface area (Å²) in [5, 5.41) is 10.3. The van der Waals surface area contributed by atoms with Crippen LogP contribution < -0.4 is 9.47 Å². The van der Waals surface area contributed by atoms with Gasteiger partial charge in [0.25, 0.3) is 0 Å². The van der Waals surface area contributed by atoms with Crippen LogP contribution in [0, 0.1) is 6.92 Å². The number of hydrogen-bond donors (Lipinski definition) is 1. The van der Waals surface area contributed by atoms with Gasteiger partial charge >= 0.3 is 0 Å². The van der Waals surface area contributed by atoms with Crippen LogP contribution in [-0.4, -0.2) is 19.3 Å². The lowest BCUT2D eigenvalue weighted by atomic mass is 10.00. The molecular weight excluding hydrogens is 264 g/mol. The van der Waals surface area contributed by atoms with Gasteiger partial charge < -0.3 is 14.6 Å². The largest absolute Gasteiger partial charge is 0.493 e. The number of hydrogen-bond acceptors (Lipinski definition) is 3. The lowest BCUT2D eigenvalue weighted by Crippen LogP contribution is -2.01. The number of rotatable bonds is 6. The minimum absolute atomic E-state index is 0.509. The molecule has 1 atom stereocenters. The zero-order chi connectivity index (χ0) is 15.2. The van der Waals surface area contributed by atoms with Gasteiger partial charge in [0.15, 0.2) is 11.5 Å². The van der Waals surface area contributed by atoms with Crippen LogP contribution in [0.3, 0.4) is 0 Å². The van der Waals surface area contributed by atoms with Gasteiger partial charge in [-0.3, -0.25) is 0 Å². The lowest BCUT2D eigenvalue weighted by molar-refractivity contribution is 0.167. The third kappa shape index (κ3) is 3.99. The maximum Gasteiger partial charge on any atom is 0.161 e. The van der Waals surface area contributed by atoms with Gasteiger partial charge in [-0.25, -0.2) is 0 Å². The van der Waals surface area contributed by atoms with Crippen LogP contribution in [0.4, 0.5) is 0 Å². The first kappa shape index (κ1) is 15.4. The van der Waals surface area contributed by atoms with Gasteiger partial charge in [-0.2, -0.15) is 0 Å². The molecule has 0 saturated heterocycles. The van der Waals surface area contributed by atoms with Crippen LogP contribution in [0.2, 0.25) is 0 Å². The van der Waals surface area contributed by atoms with Crippen molar-refractivity contribution in [1.82, 2.24) is 0 Å². The van der Waals surface area contributed by atoms with Crippen molar-refractivity contribution in [2.24, 2.45) is 0 Å². The number of ether oxygens (including phenoxy) is 2. The quantitative estimate of drug-likeness (QED) is 0.880. The summed E-state index contributed by atoms with van der Waals surface area (Å²) in [7, 11) is 3.20. The molecule has 21 heavy (non-hydrogen) atoms. The highest BCUT2D eigenvalue weighted by Crippen LogP contribution is 2.31. The summed E-state index contributed by atoms with van der Waals surface area (Å²) in [5.74, 6) is 1.32. The van der Waals surface area contributed by atoms with E-state index in [-0.39, 0.29) is 0 Å². The van der Waals surface area contributed by atoms with Crippen LogP contribution in [0.5, 0.6) is 11.5 Å². The van der Waals surface area contributed by atoms with E-state index in [0.717, 1.165) is 12.0 Å². The first-order valence-corrected chi connectivity index (χ1v) is 7.09. The third-order valence-electron chi connectivity index (χ3n) is 3.58. The van der Waals surface area contributed by atoms with Gasteiger partial charge in [0.2, 0.25) is 0 Å². The Balaban J connectivity index is 2.04. The highest BCUT2D eigenvalue weighted by molar-refractivity contribution is 5.43. The summed E-state index contributed by atoms with van der Waals surface area (Å²) in [6, 6.07) is 13.9. The average molecular weight is 286 g/mol. The van der Waals surface area contributed by atoms with E-state index < -0.39 is 6.10 Å². The van der Waals surface area contributed by atoms with Crippen molar-refractivity contribution < 1.29 is 14.6 Å². The van der Waals surface area contributed by atoms with Crippen LogP contribution in [0.25, 0.3) is 0 Å². The Morgan fingerprint density at radius 2 is 1.76 bits per heavy atom. The van der Waals surface area contributed by atoms with Gasteiger partial charge in [-0.05, 0) is 43.0 Å². The second-order valence-corrected chi connectivity index (χ2v) is 5.16. The van der Waals surface area contributed by atoms with Crippen molar-refractivity contribution in [3.05, 3.63) is 59.2 Å². The summed E-state index contributed by atoms with van der Waals surface area (Å²) in [6.45, 7) is 2.08. The Kier molecular flexibility index (Phi) is 5.23. The number of methoxy groups -OCH3 is 2. The van der Waals surface area contributed by atoms with E-state index in [0.29, 0.717) is 17.9 Å².